The van der Waals surface area contributed by atoms with Crippen molar-refractivity contribution in [3.8, 4) is 17.2 Å². The Hall–Kier alpha value is -4.68. The third-order valence-corrected chi connectivity index (χ3v) is 7.37. The molecule has 2 amide bonds. The van der Waals surface area contributed by atoms with E-state index in [0.29, 0.717) is 19.3 Å². The SMILES string of the molecule is CC(OCc1ccccc1)C(NC(=O)C(CCCCC#N)NC(=O)OCC1c2ccccc2-c2ccccc21)C(=O)O. The van der Waals surface area contributed by atoms with E-state index in [2.05, 4.69) is 16.7 Å². The first-order valence-electron chi connectivity index (χ1n) is 14.1. The molecule has 9 heteroatoms. The number of nitrogens with one attached hydrogen (secondary N) is 2. The summed E-state index contributed by atoms with van der Waals surface area (Å²) < 4.78 is 11.3. The van der Waals surface area contributed by atoms with Gasteiger partial charge in [-0.2, -0.15) is 5.26 Å². The monoisotopic (exact) mass is 569 g/mol. The van der Waals surface area contributed by atoms with Gasteiger partial charge in [0.15, 0.2) is 6.04 Å². The van der Waals surface area contributed by atoms with Crippen molar-refractivity contribution in [3.63, 3.8) is 0 Å². The Labute approximate surface area is 245 Å². The molecule has 0 spiro atoms. The summed E-state index contributed by atoms with van der Waals surface area (Å²) in [6, 6.07) is 24.9. The highest BCUT2D eigenvalue weighted by molar-refractivity contribution is 5.89. The lowest BCUT2D eigenvalue weighted by Crippen LogP contribution is -2.55. The number of hydrogen-bond acceptors (Lipinski definition) is 6. The van der Waals surface area contributed by atoms with Gasteiger partial charge >= 0.3 is 12.1 Å². The second-order valence-corrected chi connectivity index (χ2v) is 10.3. The van der Waals surface area contributed by atoms with Gasteiger partial charge in [-0.25, -0.2) is 9.59 Å². The number of aliphatic carboxylic acids is 1. The molecular formula is C33H35N3O6. The number of carboxylic acids is 1. The van der Waals surface area contributed by atoms with Gasteiger partial charge in [0.05, 0.1) is 18.8 Å². The van der Waals surface area contributed by atoms with Crippen molar-refractivity contribution < 1.29 is 29.0 Å². The normalized spacial score (nSPS) is 14.0. The standard InChI is InChI=1S/C33H35N3O6/c1-22(41-20-23-12-4-2-5-13-23)30(32(38)39)36-31(37)29(18-6-3-11-19-34)35-33(40)42-21-28-26-16-9-7-14-24(26)25-15-8-10-17-27(25)28/h2,4-5,7-10,12-17,22,28-30H,3,6,11,18,20-21H2,1H3,(H,35,40)(H,36,37)(H,38,39). The fourth-order valence-corrected chi connectivity index (χ4v) is 5.14. The molecule has 9 nitrogen and oxygen atoms in total. The topological polar surface area (TPSA) is 138 Å². The minimum Gasteiger partial charge on any atom is -0.480 e. The lowest BCUT2D eigenvalue weighted by molar-refractivity contribution is -0.146. The lowest BCUT2D eigenvalue weighted by Gasteiger charge is -2.25. The first-order valence-corrected chi connectivity index (χ1v) is 14.1. The highest BCUT2D eigenvalue weighted by Gasteiger charge is 2.32. The van der Waals surface area contributed by atoms with Crippen LogP contribution in [0.5, 0.6) is 0 Å². The molecule has 0 fully saturated rings. The molecular weight excluding hydrogens is 534 g/mol. The third kappa shape index (κ3) is 7.74. The number of hydrogen-bond donors (Lipinski definition) is 3. The van der Waals surface area contributed by atoms with Crippen LogP contribution in [0.2, 0.25) is 0 Å². The van der Waals surface area contributed by atoms with Crippen molar-refractivity contribution in [2.45, 2.75) is 63.3 Å². The maximum absolute atomic E-state index is 13.3. The van der Waals surface area contributed by atoms with Crippen LogP contribution in [0.3, 0.4) is 0 Å². The van der Waals surface area contributed by atoms with Gasteiger partial charge in [-0.3, -0.25) is 4.79 Å². The highest BCUT2D eigenvalue weighted by atomic mass is 16.5. The fourth-order valence-electron chi connectivity index (χ4n) is 5.14. The number of unbranched alkanes of at least 4 members (excludes halogenated alkanes) is 2. The maximum atomic E-state index is 13.3. The lowest BCUT2D eigenvalue weighted by atomic mass is 9.98. The second-order valence-electron chi connectivity index (χ2n) is 10.3. The third-order valence-electron chi connectivity index (χ3n) is 7.37. The van der Waals surface area contributed by atoms with Crippen LogP contribution in [-0.4, -0.2) is 47.9 Å². The van der Waals surface area contributed by atoms with E-state index in [9.17, 15) is 19.5 Å². The van der Waals surface area contributed by atoms with Crippen molar-refractivity contribution in [1.29, 1.82) is 5.26 Å². The number of carbonyl (C=O) groups excluding carboxylic acids is 2. The number of nitriles is 1. The molecule has 0 aromatic heterocycles. The Morgan fingerprint density at radius 2 is 1.52 bits per heavy atom. The van der Waals surface area contributed by atoms with Crippen molar-refractivity contribution in [1.82, 2.24) is 10.6 Å². The minimum atomic E-state index is -1.34. The van der Waals surface area contributed by atoms with E-state index in [4.69, 9.17) is 14.7 Å². The number of fused-ring (bicyclic) bond motifs is 3. The molecule has 1 aliphatic carbocycles. The summed E-state index contributed by atoms with van der Waals surface area (Å²) in [5.74, 6) is -2.07. The summed E-state index contributed by atoms with van der Waals surface area (Å²) in [5, 5.41) is 23.8. The van der Waals surface area contributed by atoms with E-state index in [1.165, 1.54) is 0 Å². The molecule has 0 radical (unpaired) electrons. The van der Waals surface area contributed by atoms with Gasteiger partial charge in [0.25, 0.3) is 0 Å². The fraction of sp³-hybridized carbons (Fsp3) is 0.333. The molecule has 0 aliphatic heterocycles. The van der Waals surface area contributed by atoms with Crippen LogP contribution in [0.1, 0.15) is 55.2 Å². The van der Waals surface area contributed by atoms with Crippen molar-refractivity contribution in [2.24, 2.45) is 0 Å². The van der Waals surface area contributed by atoms with Crippen LogP contribution in [-0.2, 0) is 25.7 Å². The van der Waals surface area contributed by atoms with Crippen LogP contribution >= 0.6 is 0 Å². The molecule has 0 saturated carbocycles. The Balaban J connectivity index is 1.39. The average Bonchev–Trinajstić information content (AvgIpc) is 3.33. The summed E-state index contributed by atoms with van der Waals surface area (Å²) in [6.45, 7) is 1.82. The number of nitrogens with zero attached hydrogens (tertiary/aromatic N) is 1. The molecule has 0 bridgehead atoms. The molecule has 218 valence electrons. The Morgan fingerprint density at radius 1 is 0.905 bits per heavy atom. The Kier molecular flexibility index (Phi) is 10.7. The van der Waals surface area contributed by atoms with Gasteiger partial charge in [-0.05, 0) is 54.0 Å². The summed E-state index contributed by atoms with van der Waals surface area (Å²) >= 11 is 0. The van der Waals surface area contributed by atoms with E-state index in [0.717, 1.165) is 27.8 Å². The molecule has 3 aromatic rings. The highest BCUT2D eigenvalue weighted by Crippen LogP contribution is 2.44. The number of ether oxygens (including phenoxy) is 2. The first-order chi connectivity index (χ1) is 20.4. The number of benzene rings is 3. The van der Waals surface area contributed by atoms with Crippen LogP contribution in [0.4, 0.5) is 4.79 Å². The Bertz CT molecular complexity index is 1380. The average molecular weight is 570 g/mol. The van der Waals surface area contributed by atoms with Gasteiger partial charge in [-0.1, -0.05) is 78.9 Å². The van der Waals surface area contributed by atoms with E-state index < -0.39 is 36.2 Å². The van der Waals surface area contributed by atoms with E-state index in [1.54, 1.807) is 6.92 Å². The predicted molar refractivity (Wildman–Crippen MR) is 156 cm³/mol. The second kappa shape index (κ2) is 14.8. The zero-order valence-electron chi connectivity index (χ0n) is 23.5. The number of carbonyl (C=O) groups is 3. The molecule has 3 N–H and O–H groups in total. The predicted octanol–water partition coefficient (Wildman–Crippen LogP) is 5.15. The molecule has 4 rings (SSSR count). The van der Waals surface area contributed by atoms with Gasteiger partial charge in [0.1, 0.15) is 12.6 Å². The molecule has 3 unspecified atom stereocenters. The summed E-state index contributed by atoms with van der Waals surface area (Å²) in [7, 11) is 0. The summed E-state index contributed by atoms with van der Waals surface area (Å²) in [5.41, 5.74) is 5.18. The molecule has 1 aliphatic rings. The Morgan fingerprint density at radius 3 is 2.14 bits per heavy atom. The molecule has 3 aromatic carbocycles. The zero-order chi connectivity index (χ0) is 29.9. The van der Waals surface area contributed by atoms with E-state index in [-0.39, 0.29) is 25.6 Å². The molecule has 0 saturated heterocycles. The van der Waals surface area contributed by atoms with E-state index in [1.807, 2.05) is 78.9 Å². The maximum Gasteiger partial charge on any atom is 0.407 e. The summed E-state index contributed by atoms with van der Waals surface area (Å²) in [4.78, 5) is 38.2. The largest absolute Gasteiger partial charge is 0.480 e. The van der Waals surface area contributed by atoms with Gasteiger partial charge in [-0.15, -0.1) is 0 Å². The van der Waals surface area contributed by atoms with Crippen LogP contribution in [0.25, 0.3) is 11.1 Å². The van der Waals surface area contributed by atoms with E-state index >= 15 is 0 Å². The summed E-state index contributed by atoms with van der Waals surface area (Å²) in [6.07, 6.45) is -0.0958. The van der Waals surface area contributed by atoms with Crippen molar-refractivity contribution >= 4 is 18.0 Å². The molecule has 42 heavy (non-hydrogen) atoms. The van der Waals surface area contributed by atoms with Crippen molar-refractivity contribution in [2.75, 3.05) is 6.61 Å². The smallest absolute Gasteiger partial charge is 0.407 e. The number of rotatable bonds is 14. The zero-order valence-corrected chi connectivity index (χ0v) is 23.5. The quantitative estimate of drug-likeness (QED) is 0.228. The van der Waals surface area contributed by atoms with Gasteiger partial charge < -0.3 is 25.2 Å². The number of alkyl carbamates (subject to hydrolysis) is 1. The van der Waals surface area contributed by atoms with Gasteiger partial charge in [0.2, 0.25) is 5.91 Å². The van der Waals surface area contributed by atoms with Crippen LogP contribution < -0.4 is 10.6 Å². The number of carboxylic acid groups (broad SMARTS) is 1. The first kappa shape index (κ1) is 30.3. The number of amides is 2. The molecule has 3 atom stereocenters. The van der Waals surface area contributed by atoms with Crippen LogP contribution in [0, 0.1) is 11.3 Å². The molecule has 0 heterocycles. The minimum absolute atomic E-state index is 0.0741. The van der Waals surface area contributed by atoms with Crippen LogP contribution in [0.15, 0.2) is 78.9 Å². The van der Waals surface area contributed by atoms with Crippen molar-refractivity contribution in [3.05, 3.63) is 95.6 Å². The van der Waals surface area contributed by atoms with Gasteiger partial charge in [0, 0.05) is 12.3 Å².